The molecule has 1 unspecified atom stereocenters. The maximum absolute atomic E-state index is 3.40. The van der Waals surface area contributed by atoms with Gasteiger partial charge in [-0.3, -0.25) is 6.08 Å². The molecule has 0 N–H and O–H groups in total. The Balaban J connectivity index is 0.000000130. The maximum atomic E-state index is 3.40. The Morgan fingerprint density at radius 1 is 0.694 bits per heavy atom. The topological polar surface area (TPSA) is 0 Å². The Morgan fingerprint density at radius 2 is 1.17 bits per heavy atom. The van der Waals surface area contributed by atoms with E-state index in [0.717, 1.165) is 6.42 Å². The SMILES string of the molecule is CCC1=[C-]C(CC)C=C1.[Zr+2]=[C](c1ccccc1)c1ccccc1.c1ccc2c(c1)[cH-]c1ccccc12. The summed E-state index contributed by atoms with van der Waals surface area (Å²) >= 11 is 1.46. The van der Waals surface area contributed by atoms with Crippen LogP contribution in [-0.4, -0.2) is 3.21 Å². The summed E-state index contributed by atoms with van der Waals surface area (Å²) in [4.78, 5) is 0. The number of fused-ring (bicyclic) bond motifs is 3. The smallest absolute Gasteiger partial charge is 0.0771 e. The second kappa shape index (κ2) is 13.3. The molecule has 1 aliphatic rings. The van der Waals surface area contributed by atoms with Crippen LogP contribution >= 0.6 is 0 Å². The average molecular weight is 544 g/mol. The van der Waals surface area contributed by atoms with Crippen molar-refractivity contribution in [2.24, 2.45) is 5.92 Å². The van der Waals surface area contributed by atoms with Crippen LogP contribution in [0.4, 0.5) is 0 Å². The van der Waals surface area contributed by atoms with E-state index in [1.165, 1.54) is 72.1 Å². The zero-order chi connectivity index (χ0) is 25.2. The summed E-state index contributed by atoms with van der Waals surface area (Å²) in [6.07, 6.45) is 10.1. The third kappa shape index (κ3) is 6.80. The minimum atomic E-state index is 0.611. The monoisotopic (exact) mass is 542 g/mol. The molecule has 36 heavy (non-hydrogen) atoms. The van der Waals surface area contributed by atoms with Gasteiger partial charge in [-0.1, -0.05) is 69.0 Å². The van der Waals surface area contributed by atoms with Crippen LogP contribution in [0, 0.1) is 12.0 Å². The minimum Gasteiger partial charge on any atom is -0.126 e. The minimum absolute atomic E-state index is 0.611. The van der Waals surface area contributed by atoms with Crippen molar-refractivity contribution >= 4 is 24.8 Å². The molecule has 1 aliphatic carbocycles. The van der Waals surface area contributed by atoms with Crippen molar-refractivity contribution in [1.82, 2.24) is 0 Å². The molecule has 176 valence electrons. The third-order valence-electron chi connectivity index (χ3n) is 6.37. The molecule has 0 aliphatic heterocycles. The van der Waals surface area contributed by atoms with E-state index in [4.69, 9.17) is 0 Å². The van der Waals surface area contributed by atoms with Crippen LogP contribution in [0.1, 0.15) is 37.8 Å². The van der Waals surface area contributed by atoms with E-state index >= 15 is 0 Å². The van der Waals surface area contributed by atoms with E-state index < -0.39 is 0 Å². The van der Waals surface area contributed by atoms with Crippen LogP contribution in [0.15, 0.2) is 133 Å². The number of hydrogen-bond donors (Lipinski definition) is 0. The van der Waals surface area contributed by atoms with Crippen molar-refractivity contribution in [1.29, 1.82) is 0 Å². The van der Waals surface area contributed by atoms with Gasteiger partial charge in [-0.2, -0.15) is 6.08 Å². The summed E-state index contributed by atoms with van der Waals surface area (Å²) in [7, 11) is 0. The van der Waals surface area contributed by atoms with E-state index in [9.17, 15) is 0 Å². The molecule has 5 aromatic rings. The Hall–Kier alpha value is -3.02. The molecule has 0 radical (unpaired) electrons. The summed E-state index contributed by atoms with van der Waals surface area (Å²) in [5.41, 5.74) is 4.04. The first kappa shape index (κ1) is 26.1. The van der Waals surface area contributed by atoms with Gasteiger partial charge >= 0.3 is 99.2 Å². The van der Waals surface area contributed by atoms with Gasteiger partial charge in [0.1, 0.15) is 0 Å². The molecule has 1 heteroatoms. The van der Waals surface area contributed by atoms with Gasteiger partial charge in [0.15, 0.2) is 0 Å². The second-order valence-electron chi connectivity index (χ2n) is 8.82. The standard InChI is InChI=1S/C13H9.C13H10.C9H13.Zr/c1-3-7-12-10(5-1)9-11-6-2-4-8-13(11)12;1-3-7-12(8-4-1)11-13-9-5-2-6-10-13;1-3-8-5-6-9(4-2)7-8;/h1-9H;1-10H;5-6,8H,3-4H2,1-2H3;/q-1;;-1;+2. The van der Waals surface area contributed by atoms with Crippen molar-refractivity contribution < 1.29 is 24.2 Å². The van der Waals surface area contributed by atoms with E-state index in [1.807, 2.05) is 0 Å². The van der Waals surface area contributed by atoms with Crippen LogP contribution < -0.4 is 0 Å². The van der Waals surface area contributed by atoms with Crippen LogP contribution in [-0.2, 0) is 24.2 Å². The van der Waals surface area contributed by atoms with Gasteiger partial charge < -0.3 is 0 Å². The van der Waals surface area contributed by atoms with Gasteiger partial charge in [-0.05, 0) is 0 Å². The fraction of sp³-hybridized carbons (Fsp3) is 0.143. The van der Waals surface area contributed by atoms with Gasteiger partial charge in [-0.15, -0.1) is 39.7 Å². The zero-order valence-corrected chi connectivity index (χ0v) is 23.6. The van der Waals surface area contributed by atoms with Crippen molar-refractivity contribution in [3.05, 3.63) is 150 Å². The zero-order valence-electron chi connectivity index (χ0n) is 21.1. The number of benzene rings is 4. The van der Waals surface area contributed by atoms with E-state index in [0.29, 0.717) is 5.92 Å². The first-order valence-corrected chi connectivity index (χ1v) is 14.0. The number of allylic oxidation sites excluding steroid dienone is 4. The van der Waals surface area contributed by atoms with Crippen LogP contribution in [0.5, 0.6) is 0 Å². The molecule has 0 bridgehead atoms. The summed E-state index contributed by atoms with van der Waals surface area (Å²) in [5.74, 6) is 0.611. The molecule has 0 heterocycles. The Kier molecular flexibility index (Phi) is 9.65. The van der Waals surface area contributed by atoms with Crippen molar-refractivity contribution in [3.8, 4) is 0 Å². The van der Waals surface area contributed by atoms with Crippen molar-refractivity contribution in [3.63, 3.8) is 0 Å². The quantitative estimate of drug-likeness (QED) is 0.198. The third-order valence-corrected chi connectivity index (χ3v) is 7.79. The molecule has 0 spiro atoms. The summed E-state index contributed by atoms with van der Waals surface area (Å²) in [6, 6.07) is 40.4. The predicted octanol–water partition coefficient (Wildman–Crippen LogP) is 9.24. The normalized spacial score (nSPS) is 14.0. The molecular weight excluding hydrogens is 512 g/mol. The average Bonchev–Trinajstić information content (AvgIpc) is 3.59. The Bertz CT molecular complexity index is 1360. The Morgan fingerprint density at radius 3 is 1.58 bits per heavy atom. The van der Waals surface area contributed by atoms with Gasteiger partial charge in [0, 0.05) is 0 Å². The molecule has 0 saturated carbocycles. The molecule has 0 amide bonds. The largest absolute Gasteiger partial charge is 0.126 e. The fourth-order valence-corrected chi connectivity index (χ4v) is 5.12. The molecule has 0 nitrogen and oxygen atoms in total. The van der Waals surface area contributed by atoms with E-state index in [-0.39, 0.29) is 0 Å². The summed E-state index contributed by atoms with van der Waals surface area (Å²) < 4.78 is 1.42. The van der Waals surface area contributed by atoms with Gasteiger partial charge in [-0.25, -0.2) is 11.6 Å². The Labute approximate surface area is 230 Å². The molecular formula is C35H32Zr. The maximum Gasteiger partial charge on any atom is -0.0771 e. The number of hydrogen-bond acceptors (Lipinski definition) is 0. The molecule has 0 saturated heterocycles. The molecule has 0 fully saturated rings. The fourth-order valence-electron chi connectivity index (χ4n) is 4.30. The molecule has 0 aromatic heterocycles. The van der Waals surface area contributed by atoms with Crippen LogP contribution in [0.3, 0.4) is 0 Å². The number of rotatable bonds is 4. The van der Waals surface area contributed by atoms with Crippen LogP contribution in [0.25, 0.3) is 21.5 Å². The van der Waals surface area contributed by atoms with Crippen molar-refractivity contribution in [2.45, 2.75) is 26.7 Å². The second-order valence-corrected chi connectivity index (χ2v) is 10.1. The van der Waals surface area contributed by atoms with Crippen LogP contribution in [0.2, 0.25) is 0 Å². The van der Waals surface area contributed by atoms with Gasteiger partial charge in [0.25, 0.3) is 0 Å². The first-order valence-electron chi connectivity index (χ1n) is 12.7. The first-order chi connectivity index (χ1) is 17.7. The van der Waals surface area contributed by atoms with Crippen molar-refractivity contribution in [2.75, 3.05) is 0 Å². The summed E-state index contributed by atoms with van der Waals surface area (Å²) in [5, 5.41) is 5.39. The van der Waals surface area contributed by atoms with Gasteiger partial charge in [0.2, 0.25) is 0 Å². The predicted molar refractivity (Wildman–Crippen MR) is 153 cm³/mol. The van der Waals surface area contributed by atoms with E-state index in [1.54, 1.807) is 0 Å². The summed E-state index contributed by atoms with van der Waals surface area (Å²) in [6.45, 7) is 4.37. The van der Waals surface area contributed by atoms with Gasteiger partial charge in [0.05, 0.1) is 0 Å². The molecule has 5 aromatic carbocycles. The molecule has 1 atom stereocenters. The molecule has 6 rings (SSSR count). The van der Waals surface area contributed by atoms with E-state index in [2.05, 4.69) is 147 Å².